The Balaban J connectivity index is 2.86. The second kappa shape index (κ2) is 7.74. The summed E-state index contributed by atoms with van der Waals surface area (Å²) in [6, 6.07) is 4.70. The Morgan fingerprint density at radius 3 is 2.60 bits per heavy atom. The number of nitrogens with one attached hydrogen (secondary N) is 1. The van der Waals surface area contributed by atoms with Crippen LogP contribution in [-0.4, -0.2) is 19.8 Å². The van der Waals surface area contributed by atoms with Gasteiger partial charge in [-0.15, -0.1) is 0 Å². The zero-order valence-corrected chi connectivity index (χ0v) is 12.3. The standard InChI is InChI=1S/C14H19ClF3NO/c1-3-8-19-12(6-7-14(16,17)18)10-4-5-11(15)13(9-10)20-2/h4-5,9,12,19H,3,6-8H2,1-2H3. The highest BCUT2D eigenvalue weighted by molar-refractivity contribution is 6.32. The van der Waals surface area contributed by atoms with Gasteiger partial charge in [-0.05, 0) is 37.1 Å². The average Bonchev–Trinajstić information content (AvgIpc) is 2.39. The van der Waals surface area contributed by atoms with Crippen molar-refractivity contribution < 1.29 is 17.9 Å². The number of ether oxygens (including phenoxy) is 1. The van der Waals surface area contributed by atoms with Gasteiger partial charge in [0.25, 0.3) is 0 Å². The molecule has 0 bridgehead atoms. The van der Waals surface area contributed by atoms with Crippen LogP contribution in [0.15, 0.2) is 18.2 Å². The van der Waals surface area contributed by atoms with Crippen LogP contribution in [0.25, 0.3) is 0 Å². The van der Waals surface area contributed by atoms with Crippen LogP contribution >= 0.6 is 11.6 Å². The van der Waals surface area contributed by atoms with Crippen LogP contribution in [0.3, 0.4) is 0 Å². The SMILES string of the molecule is CCCNC(CCC(F)(F)F)c1ccc(Cl)c(OC)c1. The number of alkyl halides is 3. The summed E-state index contributed by atoms with van der Waals surface area (Å²) in [6.45, 7) is 2.63. The van der Waals surface area contributed by atoms with Crippen LogP contribution in [0.2, 0.25) is 5.02 Å². The molecule has 0 saturated carbocycles. The quantitative estimate of drug-likeness (QED) is 0.786. The van der Waals surface area contributed by atoms with Crippen molar-refractivity contribution in [3.05, 3.63) is 28.8 Å². The van der Waals surface area contributed by atoms with Crippen LogP contribution in [0.4, 0.5) is 13.2 Å². The molecular formula is C14H19ClF3NO. The van der Waals surface area contributed by atoms with E-state index in [1.807, 2.05) is 6.92 Å². The van der Waals surface area contributed by atoms with E-state index < -0.39 is 12.6 Å². The van der Waals surface area contributed by atoms with Crippen molar-refractivity contribution in [3.63, 3.8) is 0 Å². The van der Waals surface area contributed by atoms with Crippen molar-refractivity contribution >= 4 is 11.6 Å². The molecule has 0 radical (unpaired) electrons. The predicted octanol–water partition coefficient (Wildman–Crippen LogP) is 4.73. The van der Waals surface area contributed by atoms with Gasteiger partial charge < -0.3 is 10.1 Å². The molecule has 0 aliphatic carbocycles. The van der Waals surface area contributed by atoms with Crippen molar-refractivity contribution in [3.8, 4) is 5.75 Å². The lowest BCUT2D eigenvalue weighted by atomic mass is 10.0. The smallest absolute Gasteiger partial charge is 0.389 e. The van der Waals surface area contributed by atoms with E-state index in [9.17, 15) is 13.2 Å². The van der Waals surface area contributed by atoms with Gasteiger partial charge in [0, 0.05) is 12.5 Å². The van der Waals surface area contributed by atoms with E-state index in [4.69, 9.17) is 16.3 Å². The van der Waals surface area contributed by atoms with Gasteiger partial charge in [-0.2, -0.15) is 13.2 Å². The highest BCUT2D eigenvalue weighted by Gasteiger charge is 2.28. The number of rotatable bonds is 7. The first-order valence-corrected chi connectivity index (χ1v) is 6.88. The van der Waals surface area contributed by atoms with E-state index in [0.29, 0.717) is 17.3 Å². The zero-order chi connectivity index (χ0) is 15.2. The summed E-state index contributed by atoms with van der Waals surface area (Å²) in [4.78, 5) is 0. The molecule has 1 unspecified atom stereocenters. The third-order valence-corrected chi connectivity index (χ3v) is 3.25. The maximum Gasteiger partial charge on any atom is 0.389 e. The van der Waals surface area contributed by atoms with Crippen LogP contribution in [0.5, 0.6) is 5.75 Å². The summed E-state index contributed by atoms with van der Waals surface area (Å²) in [7, 11) is 1.48. The van der Waals surface area contributed by atoms with E-state index in [1.165, 1.54) is 7.11 Å². The summed E-state index contributed by atoms with van der Waals surface area (Å²) < 4.78 is 42.3. The third kappa shape index (κ3) is 5.59. The number of hydrogen-bond donors (Lipinski definition) is 1. The third-order valence-electron chi connectivity index (χ3n) is 2.93. The average molecular weight is 310 g/mol. The van der Waals surface area contributed by atoms with Crippen molar-refractivity contribution in [2.75, 3.05) is 13.7 Å². The second-order valence-electron chi connectivity index (χ2n) is 4.55. The number of methoxy groups -OCH3 is 1. The summed E-state index contributed by atoms with van der Waals surface area (Å²) in [5.41, 5.74) is 0.754. The molecule has 1 aromatic rings. The van der Waals surface area contributed by atoms with Crippen molar-refractivity contribution in [2.45, 2.75) is 38.4 Å². The van der Waals surface area contributed by atoms with Crippen LogP contribution in [0, 0.1) is 0 Å². The van der Waals surface area contributed by atoms with Gasteiger partial charge in [0.2, 0.25) is 0 Å². The van der Waals surface area contributed by atoms with Crippen LogP contribution in [-0.2, 0) is 0 Å². The van der Waals surface area contributed by atoms with E-state index in [1.54, 1.807) is 18.2 Å². The molecule has 1 rings (SSSR count). The molecule has 6 heteroatoms. The normalized spacial score (nSPS) is 13.3. The highest BCUT2D eigenvalue weighted by atomic mass is 35.5. The van der Waals surface area contributed by atoms with Crippen molar-refractivity contribution in [2.24, 2.45) is 0 Å². The summed E-state index contributed by atoms with van der Waals surface area (Å²) in [6.07, 6.45) is -4.12. The van der Waals surface area contributed by atoms with Crippen molar-refractivity contribution in [1.82, 2.24) is 5.32 Å². The topological polar surface area (TPSA) is 21.3 Å². The van der Waals surface area contributed by atoms with Gasteiger partial charge in [-0.25, -0.2) is 0 Å². The molecule has 114 valence electrons. The van der Waals surface area contributed by atoms with E-state index >= 15 is 0 Å². The van der Waals surface area contributed by atoms with Crippen LogP contribution < -0.4 is 10.1 Å². The Hall–Kier alpha value is -0.940. The lowest BCUT2D eigenvalue weighted by Crippen LogP contribution is -2.24. The summed E-state index contributed by atoms with van der Waals surface area (Å²) in [5.74, 6) is 0.472. The zero-order valence-electron chi connectivity index (χ0n) is 11.6. The minimum atomic E-state index is -4.15. The Labute approximate surface area is 122 Å². The van der Waals surface area contributed by atoms with Gasteiger partial charge in [0.05, 0.1) is 12.1 Å². The molecule has 1 aromatic carbocycles. The van der Waals surface area contributed by atoms with Crippen molar-refractivity contribution in [1.29, 1.82) is 0 Å². The highest BCUT2D eigenvalue weighted by Crippen LogP contribution is 2.32. The van der Waals surface area contributed by atoms with Gasteiger partial charge >= 0.3 is 6.18 Å². The van der Waals surface area contributed by atoms with E-state index in [-0.39, 0.29) is 12.5 Å². The fourth-order valence-electron chi connectivity index (χ4n) is 1.91. The molecule has 0 heterocycles. The number of hydrogen-bond acceptors (Lipinski definition) is 2. The first-order chi connectivity index (χ1) is 9.37. The van der Waals surface area contributed by atoms with E-state index in [2.05, 4.69) is 5.32 Å². The largest absolute Gasteiger partial charge is 0.495 e. The first kappa shape index (κ1) is 17.1. The lowest BCUT2D eigenvalue weighted by molar-refractivity contribution is -0.136. The Kier molecular flexibility index (Phi) is 6.62. The monoisotopic (exact) mass is 309 g/mol. The Morgan fingerprint density at radius 1 is 1.35 bits per heavy atom. The molecule has 2 nitrogen and oxygen atoms in total. The number of halogens is 4. The van der Waals surface area contributed by atoms with Gasteiger partial charge in [0.15, 0.2) is 0 Å². The first-order valence-electron chi connectivity index (χ1n) is 6.51. The van der Waals surface area contributed by atoms with Gasteiger partial charge in [-0.3, -0.25) is 0 Å². The number of benzene rings is 1. The molecule has 0 aliphatic heterocycles. The molecule has 1 N–H and O–H groups in total. The maximum atomic E-state index is 12.4. The molecule has 0 saturated heterocycles. The molecule has 0 spiro atoms. The van der Waals surface area contributed by atoms with Gasteiger partial charge in [0.1, 0.15) is 5.75 Å². The molecule has 20 heavy (non-hydrogen) atoms. The second-order valence-corrected chi connectivity index (χ2v) is 4.96. The maximum absolute atomic E-state index is 12.4. The molecule has 1 atom stereocenters. The molecule has 0 amide bonds. The minimum absolute atomic E-state index is 0.00567. The molecule has 0 fully saturated rings. The fraction of sp³-hybridized carbons (Fsp3) is 0.571. The molecular weight excluding hydrogens is 291 g/mol. The summed E-state index contributed by atoms with van der Waals surface area (Å²) >= 11 is 5.93. The Bertz CT molecular complexity index is 423. The molecule has 0 aliphatic rings. The Morgan fingerprint density at radius 2 is 2.05 bits per heavy atom. The van der Waals surface area contributed by atoms with Crippen LogP contribution in [0.1, 0.15) is 37.8 Å². The predicted molar refractivity (Wildman–Crippen MR) is 74.3 cm³/mol. The van der Waals surface area contributed by atoms with Gasteiger partial charge in [-0.1, -0.05) is 24.6 Å². The fourth-order valence-corrected chi connectivity index (χ4v) is 2.10. The lowest BCUT2D eigenvalue weighted by Gasteiger charge is -2.20. The van der Waals surface area contributed by atoms with E-state index in [0.717, 1.165) is 12.0 Å². The molecule has 0 aromatic heterocycles. The minimum Gasteiger partial charge on any atom is -0.495 e. The summed E-state index contributed by atoms with van der Waals surface area (Å²) in [5, 5.41) is 3.58.